The number of amides is 2. The number of aromatic nitrogens is 1. The predicted molar refractivity (Wildman–Crippen MR) is 122 cm³/mol. The highest BCUT2D eigenvalue weighted by atomic mass is 16.5. The van der Waals surface area contributed by atoms with E-state index in [9.17, 15) is 9.59 Å². The SMILES string of the molecule is Cc1noc(C)c1CN1CCC(NC(=O)C2(c3ccccc3)CCN(C)CC2)CCC1=O. The minimum Gasteiger partial charge on any atom is -0.361 e. The Balaban J connectivity index is 1.45. The van der Waals surface area contributed by atoms with Gasteiger partial charge in [-0.05, 0) is 65.2 Å². The zero-order valence-electron chi connectivity index (χ0n) is 19.4. The van der Waals surface area contributed by atoms with E-state index in [4.69, 9.17) is 4.52 Å². The lowest BCUT2D eigenvalue weighted by molar-refractivity contribution is -0.131. The Labute approximate surface area is 190 Å². The van der Waals surface area contributed by atoms with E-state index in [0.717, 1.165) is 54.9 Å². The van der Waals surface area contributed by atoms with Crippen molar-refractivity contribution >= 4 is 11.8 Å². The summed E-state index contributed by atoms with van der Waals surface area (Å²) in [5.41, 5.74) is 2.41. The van der Waals surface area contributed by atoms with Crippen LogP contribution in [0.4, 0.5) is 0 Å². The van der Waals surface area contributed by atoms with Crippen LogP contribution in [0.2, 0.25) is 0 Å². The molecule has 0 bridgehead atoms. The van der Waals surface area contributed by atoms with Gasteiger partial charge in [-0.3, -0.25) is 9.59 Å². The molecule has 1 aromatic carbocycles. The molecule has 3 heterocycles. The van der Waals surface area contributed by atoms with Gasteiger partial charge in [0.25, 0.3) is 0 Å². The Morgan fingerprint density at radius 1 is 1.16 bits per heavy atom. The van der Waals surface area contributed by atoms with Crippen LogP contribution < -0.4 is 5.32 Å². The topological polar surface area (TPSA) is 78.7 Å². The number of carbonyl (C=O) groups is 2. The molecule has 2 amide bonds. The quantitative estimate of drug-likeness (QED) is 0.777. The Kier molecular flexibility index (Phi) is 6.65. The van der Waals surface area contributed by atoms with Crippen molar-refractivity contribution in [3.63, 3.8) is 0 Å². The van der Waals surface area contributed by atoms with Crippen molar-refractivity contribution < 1.29 is 14.1 Å². The van der Waals surface area contributed by atoms with Crippen LogP contribution in [0.1, 0.15) is 54.7 Å². The molecule has 0 spiro atoms. The van der Waals surface area contributed by atoms with Gasteiger partial charge in [-0.25, -0.2) is 0 Å². The van der Waals surface area contributed by atoms with Gasteiger partial charge in [-0.15, -0.1) is 0 Å². The molecular formula is C25H34N4O3. The van der Waals surface area contributed by atoms with Crippen molar-refractivity contribution in [3.8, 4) is 0 Å². The second-order valence-electron chi connectivity index (χ2n) is 9.37. The van der Waals surface area contributed by atoms with E-state index < -0.39 is 5.41 Å². The Morgan fingerprint density at radius 3 is 2.53 bits per heavy atom. The van der Waals surface area contributed by atoms with Crippen molar-refractivity contribution in [1.29, 1.82) is 0 Å². The van der Waals surface area contributed by atoms with Crippen LogP contribution in [-0.4, -0.2) is 59.5 Å². The molecule has 7 heteroatoms. The van der Waals surface area contributed by atoms with Gasteiger partial charge in [0.05, 0.1) is 17.7 Å². The largest absolute Gasteiger partial charge is 0.361 e. The molecule has 0 saturated carbocycles. The van der Waals surface area contributed by atoms with Gasteiger partial charge in [0, 0.05) is 24.6 Å². The van der Waals surface area contributed by atoms with Gasteiger partial charge in [0.15, 0.2) is 0 Å². The number of likely N-dealkylation sites (tertiary alicyclic amines) is 2. The molecule has 1 unspecified atom stereocenters. The molecule has 4 rings (SSSR count). The maximum atomic E-state index is 13.7. The molecule has 2 aliphatic heterocycles. The summed E-state index contributed by atoms with van der Waals surface area (Å²) < 4.78 is 5.26. The number of nitrogens with zero attached hydrogens (tertiary/aromatic N) is 3. The van der Waals surface area contributed by atoms with Crippen molar-refractivity contribution in [2.75, 3.05) is 26.7 Å². The van der Waals surface area contributed by atoms with E-state index in [1.165, 1.54) is 0 Å². The highest BCUT2D eigenvalue weighted by molar-refractivity contribution is 5.89. The molecule has 1 aromatic heterocycles. The molecule has 1 atom stereocenters. The summed E-state index contributed by atoms with van der Waals surface area (Å²) >= 11 is 0. The molecule has 1 N–H and O–H groups in total. The number of hydrogen-bond donors (Lipinski definition) is 1. The maximum absolute atomic E-state index is 13.7. The number of hydrogen-bond acceptors (Lipinski definition) is 5. The molecule has 7 nitrogen and oxygen atoms in total. The lowest BCUT2D eigenvalue weighted by Crippen LogP contribution is -2.53. The third-order valence-electron chi connectivity index (χ3n) is 7.27. The summed E-state index contributed by atoms with van der Waals surface area (Å²) in [7, 11) is 2.11. The Morgan fingerprint density at radius 2 is 1.88 bits per heavy atom. The van der Waals surface area contributed by atoms with Crippen molar-refractivity contribution in [2.24, 2.45) is 0 Å². The molecular weight excluding hydrogens is 404 g/mol. The van der Waals surface area contributed by atoms with E-state index in [1.807, 2.05) is 36.9 Å². The predicted octanol–water partition coefficient (Wildman–Crippen LogP) is 2.95. The van der Waals surface area contributed by atoms with Crippen LogP contribution in [0.25, 0.3) is 0 Å². The van der Waals surface area contributed by atoms with Gasteiger partial charge in [0.2, 0.25) is 11.8 Å². The second-order valence-corrected chi connectivity index (χ2v) is 9.37. The second kappa shape index (κ2) is 9.45. The number of rotatable bonds is 5. The van der Waals surface area contributed by atoms with Crippen LogP contribution in [-0.2, 0) is 21.5 Å². The van der Waals surface area contributed by atoms with Crippen LogP contribution in [0.3, 0.4) is 0 Å². The van der Waals surface area contributed by atoms with Crippen LogP contribution >= 0.6 is 0 Å². The van der Waals surface area contributed by atoms with E-state index in [1.54, 1.807) is 0 Å². The number of carbonyl (C=O) groups excluding carboxylic acids is 2. The standard InChI is InChI=1S/C25H34N4O3/c1-18-22(19(2)32-27-18)17-29-14-11-21(9-10-23(29)30)26-24(31)25(12-15-28(3)16-13-25)20-7-5-4-6-8-20/h4-8,21H,9-17H2,1-3H3,(H,26,31). The fourth-order valence-corrected chi connectivity index (χ4v) is 4.99. The summed E-state index contributed by atoms with van der Waals surface area (Å²) in [5, 5.41) is 7.34. The number of benzene rings is 1. The first-order chi connectivity index (χ1) is 15.4. The van der Waals surface area contributed by atoms with Crippen molar-refractivity contribution in [3.05, 3.63) is 52.9 Å². The average Bonchev–Trinajstić information content (AvgIpc) is 3.01. The minimum absolute atomic E-state index is 0.00126. The summed E-state index contributed by atoms with van der Waals surface area (Å²) in [4.78, 5) is 30.6. The minimum atomic E-state index is -0.500. The summed E-state index contributed by atoms with van der Waals surface area (Å²) in [5.74, 6) is 0.990. The van der Waals surface area contributed by atoms with Crippen LogP contribution in [0.5, 0.6) is 0 Å². The molecule has 2 aromatic rings. The molecule has 172 valence electrons. The maximum Gasteiger partial charge on any atom is 0.230 e. The van der Waals surface area contributed by atoms with Gasteiger partial charge >= 0.3 is 0 Å². The molecule has 2 aliphatic rings. The number of aryl methyl sites for hydroxylation is 2. The van der Waals surface area contributed by atoms with Crippen molar-refractivity contribution in [1.82, 2.24) is 20.3 Å². The smallest absolute Gasteiger partial charge is 0.230 e. The first-order valence-corrected chi connectivity index (χ1v) is 11.6. The molecule has 0 radical (unpaired) electrons. The lowest BCUT2D eigenvalue weighted by Gasteiger charge is -2.40. The van der Waals surface area contributed by atoms with E-state index in [2.05, 4.69) is 34.6 Å². The van der Waals surface area contributed by atoms with E-state index in [0.29, 0.717) is 25.9 Å². The average molecular weight is 439 g/mol. The lowest BCUT2D eigenvalue weighted by atomic mass is 9.72. The molecule has 0 aliphatic carbocycles. The third-order valence-corrected chi connectivity index (χ3v) is 7.27. The fraction of sp³-hybridized carbons (Fsp3) is 0.560. The van der Waals surface area contributed by atoms with Gasteiger partial charge < -0.3 is 19.6 Å². The van der Waals surface area contributed by atoms with E-state index >= 15 is 0 Å². The Bertz CT molecular complexity index is 928. The van der Waals surface area contributed by atoms with Crippen LogP contribution in [0.15, 0.2) is 34.9 Å². The van der Waals surface area contributed by atoms with Gasteiger partial charge in [-0.1, -0.05) is 35.5 Å². The molecule has 2 fully saturated rings. The Hall–Kier alpha value is -2.67. The summed E-state index contributed by atoms with van der Waals surface area (Å²) in [6.07, 6.45) is 3.49. The zero-order chi connectivity index (χ0) is 22.7. The first-order valence-electron chi connectivity index (χ1n) is 11.6. The summed E-state index contributed by atoms with van der Waals surface area (Å²) in [6.45, 7) is 6.72. The molecule has 32 heavy (non-hydrogen) atoms. The fourth-order valence-electron chi connectivity index (χ4n) is 4.99. The first kappa shape index (κ1) is 22.5. The highest BCUT2D eigenvalue weighted by Gasteiger charge is 2.43. The number of nitrogens with one attached hydrogen (secondary N) is 1. The summed E-state index contributed by atoms with van der Waals surface area (Å²) in [6, 6.07) is 10.2. The highest BCUT2D eigenvalue weighted by Crippen LogP contribution is 2.36. The normalized spacial score (nSPS) is 21.9. The van der Waals surface area contributed by atoms with E-state index in [-0.39, 0.29) is 17.9 Å². The van der Waals surface area contributed by atoms with Gasteiger partial charge in [-0.2, -0.15) is 0 Å². The van der Waals surface area contributed by atoms with Gasteiger partial charge in [0.1, 0.15) is 5.76 Å². The number of piperidine rings is 1. The molecule has 2 saturated heterocycles. The third kappa shape index (κ3) is 4.58. The van der Waals surface area contributed by atoms with Crippen molar-refractivity contribution in [2.45, 2.75) is 64.0 Å². The zero-order valence-corrected chi connectivity index (χ0v) is 19.4. The van der Waals surface area contributed by atoms with Crippen LogP contribution in [0, 0.1) is 13.8 Å². The monoisotopic (exact) mass is 438 g/mol.